The Kier molecular flexibility index (Phi) is 5.58. The molecule has 0 spiro atoms. The summed E-state index contributed by atoms with van der Waals surface area (Å²) in [6.45, 7) is 2.61. The number of nitrogens with zero attached hydrogens (tertiary/aromatic N) is 3. The zero-order valence-corrected chi connectivity index (χ0v) is 12.9. The maximum Gasteiger partial charge on any atom is 0.411 e. The van der Waals surface area contributed by atoms with Gasteiger partial charge in [0.15, 0.2) is 11.6 Å². The molecule has 2 heterocycles. The lowest BCUT2D eigenvalue weighted by molar-refractivity contribution is -0.179. The summed E-state index contributed by atoms with van der Waals surface area (Å²) in [5.41, 5.74) is 0. The number of hydrogen-bond donors (Lipinski definition) is 1. The van der Waals surface area contributed by atoms with Crippen LogP contribution in [0.1, 0.15) is 37.5 Å². The number of carbonyl (C=O) groups is 1. The molecule has 1 aromatic heterocycles. The fraction of sp³-hybridized carbons (Fsp3) is 0.769. The van der Waals surface area contributed by atoms with Crippen LogP contribution in [0, 0.1) is 0 Å². The normalized spacial score (nSPS) is 19.4. The predicted molar refractivity (Wildman–Crippen MR) is 72.6 cm³/mol. The summed E-state index contributed by atoms with van der Waals surface area (Å²) in [4.78, 5) is 17.6. The second-order valence-electron chi connectivity index (χ2n) is 5.54. The van der Waals surface area contributed by atoms with E-state index >= 15 is 0 Å². The number of morpholine rings is 1. The van der Waals surface area contributed by atoms with Gasteiger partial charge >= 0.3 is 6.18 Å². The molecule has 1 aliphatic rings. The number of rotatable bonds is 5. The lowest BCUT2D eigenvalue weighted by Gasteiger charge is -2.31. The predicted octanol–water partition coefficient (Wildman–Crippen LogP) is 1.41. The SMILES string of the molecule is CC(C)c1n[nH]c([C@@H]2CN(C(=O)COCC(F)(F)F)CCO2)n1. The van der Waals surface area contributed by atoms with Crippen molar-refractivity contribution in [2.75, 3.05) is 32.9 Å². The molecule has 10 heteroatoms. The van der Waals surface area contributed by atoms with E-state index in [4.69, 9.17) is 4.74 Å². The minimum Gasteiger partial charge on any atom is -0.367 e. The molecular weight excluding hydrogens is 317 g/mol. The number of nitrogens with one attached hydrogen (secondary N) is 1. The van der Waals surface area contributed by atoms with Gasteiger partial charge in [-0.2, -0.15) is 18.3 Å². The van der Waals surface area contributed by atoms with E-state index in [2.05, 4.69) is 19.9 Å². The first-order valence-corrected chi connectivity index (χ1v) is 7.22. The molecule has 7 nitrogen and oxygen atoms in total. The van der Waals surface area contributed by atoms with Crippen molar-refractivity contribution in [2.24, 2.45) is 0 Å². The van der Waals surface area contributed by atoms with E-state index in [1.165, 1.54) is 4.90 Å². The summed E-state index contributed by atoms with van der Waals surface area (Å²) >= 11 is 0. The topological polar surface area (TPSA) is 80.3 Å². The van der Waals surface area contributed by atoms with Gasteiger partial charge in [0, 0.05) is 12.5 Å². The summed E-state index contributed by atoms with van der Waals surface area (Å²) < 4.78 is 46.0. The minimum absolute atomic E-state index is 0.150. The largest absolute Gasteiger partial charge is 0.411 e. The molecule has 1 saturated heterocycles. The summed E-state index contributed by atoms with van der Waals surface area (Å²) in [5.74, 6) is 0.784. The summed E-state index contributed by atoms with van der Waals surface area (Å²) in [6, 6.07) is 0. The molecule has 0 radical (unpaired) electrons. The van der Waals surface area contributed by atoms with Gasteiger partial charge in [-0.15, -0.1) is 0 Å². The molecule has 1 fully saturated rings. The van der Waals surface area contributed by atoms with E-state index in [0.717, 1.165) is 0 Å². The monoisotopic (exact) mass is 336 g/mol. The molecule has 1 aromatic rings. The van der Waals surface area contributed by atoms with Crippen LogP contribution in [0.3, 0.4) is 0 Å². The van der Waals surface area contributed by atoms with Crippen molar-refractivity contribution < 1.29 is 27.4 Å². The smallest absolute Gasteiger partial charge is 0.367 e. The van der Waals surface area contributed by atoms with Crippen molar-refractivity contribution >= 4 is 5.91 Å². The van der Waals surface area contributed by atoms with Gasteiger partial charge in [-0.05, 0) is 0 Å². The van der Waals surface area contributed by atoms with Gasteiger partial charge in [0.25, 0.3) is 0 Å². The van der Waals surface area contributed by atoms with E-state index in [1.807, 2.05) is 13.8 Å². The highest BCUT2D eigenvalue weighted by molar-refractivity contribution is 5.77. The Bertz CT molecular complexity index is 533. The van der Waals surface area contributed by atoms with Crippen molar-refractivity contribution in [3.8, 4) is 0 Å². The first-order chi connectivity index (χ1) is 10.8. The van der Waals surface area contributed by atoms with Crippen LogP contribution < -0.4 is 0 Å². The molecule has 0 aliphatic carbocycles. The van der Waals surface area contributed by atoms with E-state index in [1.54, 1.807) is 0 Å². The van der Waals surface area contributed by atoms with Crippen LogP contribution in [-0.2, 0) is 14.3 Å². The number of halogens is 3. The molecule has 1 atom stereocenters. The number of carbonyl (C=O) groups excluding carboxylic acids is 1. The Balaban J connectivity index is 1.88. The van der Waals surface area contributed by atoms with Crippen LogP contribution in [0.5, 0.6) is 0 Å². The summed E-state index contributed by atoms with van der Waals surface area (Å²) in [7, 11) is 0. The van der Waals surface area contributed by atoms with Gasteiger partial charge in [0.2, 0.25) is 5.91 Å². The quantitative estimate of drug-likeness (QED) is 0.879. The fourth-order valence-electron chi connectivity index (χ4n) is 2.08. The van der Waals surface area contributed by atoms with E-state index < -0.39 is 31.4 Å². The average Bonchev–Trinajstić information content (AvgIpc) is 2.96. The van der Waals surface area contributed by atoms with Crippen molar-refractivity contribution in [3.63, 3.8) is 0 Å². The molecule has 130 valence electrons. The van der Waals surface area contributed by atoms with Crippen LogP contribution in [-0.4, -0.2) is 65.1 Å². The van der Waals surface area contributed by atoms with Crippen molar-refractivity contribution in [2.45, 2.75) is 32.0 Å². The Morgan fingerprint density at radius 3 is 2.87 bits per heavy atom. The molecule has 23 heavy (non-hydrogen) atoms. The van der Waals surface area contributed by atoms with Crippen LogP contribution in [0.25, 0.3) is 0 Å². The summed E-state index contributed by atoms with van der Waals surface area (Å²) in [5, 5.41) is 6.84. The Labute approximate surface area is 131 Å². The van der Waals surface area contributed by atoms with Gasteiger partial charge in [0.05, 0.1) is 13.2 Å². The van der Waals surface area contributed by atoms with Gasteiger partial charge in [-0.25, -0.2) is 4.98 Å². The van der Waals surface area contributed by atoms with Gasteiger partial charge in [0.1, 0.15) is 19.3 Å². The standard InChI is InChI=1S/C13H19F3N4O3/c1-8(2)11-17-12(19-18-11)9-5-20(3-4-23-9)10(21)6-22-7-13(14,15)16/h8-9H,3-7H2,1-2H3,(H,17,18,19)/t9-/m0/s1. The minimum atomic E-state index is -4.44. The van der Waals surface area contributed by atoms with Crippen LogP contribution >= 0.6 is 0 Å². The first-order valence-electron chi connectivity index (χ1n) is 7.22. The third-order valence-corrected chi connectivity index (χ3v) is 3.25. The number of ether oxygens (including phenoxy) is 2. The van der Waals surface area contributed by atoms with Crippen LogP contribution in [0.15, 0.2) is 0 Å². The van der Waals surface area contributed by atoms with Crippen molar-refractivity contribution in [1.29, 1.82) is 0 Å². The highest BCUT2D eigenvalue weighted by atomic mass is 19.4. The van der Waals surface area contributed by atoms with Crippen molar-refractivity contribution in [1.82, 2.24) is 20.1 Å². The average molecular weight is 336 g/mol. The molecule has 0 saturated carbocycles. The summed E-state index contributed by atoms with van der Waals surface area (Å²) in [6.07, 6.45) is -4.92. The first kappa shape index (κ1) is 17.7. The van der Waals surface area contributed by atoms with E-state index in [9.17, 15) is 18.0 Å². The van der Waals surface area contributed by atoms with Gasteiger partial charge in [-0.3, -0.25) is 9.89 Å². The molecule has 0 bridgehead atoms. The third kappa shape index (κ3) is 5.17. The maximum atomic E-state index is 12.0. The second kappa shape index (κ2) is 7.26. The number of amides is 1. The molecule has 1 amide bonds. The highest BCUT2D eigenvalue weighted by Gasteiger charge is 2.30. The molecule has 2 rings (SSSR count). The second-order valence-corrected chi connectivity index (χ2v) is 5.54. The molecule has 0 unspecified atom stereocenters. The Morgan fingerprint density at radius 2 is 2.26 bits per heavy atom. The fourth-order valence-corrected chi connectivity index (χ4v) is 2.08. The third-order valence-electron chi connectivity index (χ3n) is 3.25. The molecular formula is C13H19F3N4O3. The van der Waals surface area contributed by atoms with E-state index in [-0.39, 0.29) is 19.1 Å². The van der Waals surface area contributed by atoms with Gasteiger partial charge in [-0.1, -0.05) is 13.8 Å². The number of alkyl halides is 3. The van der Waals surface area contributed by atoms with Crippen molar-refractivity contribution in [3.05, 3.63) is 11.6 Å². The van der Waals surface area contributed by atoms with Gasteiger partial charge < -0.3 is 14.4 Å². The highest BCUT2D eigenvalue weighted by Crippen LogP contribution is 2.21. The number of aromatic amines is 1. The van der Waals surface area contributed by atoms with Crippen LogP contribution in [0.2, 0.25) is 0 Å². The number of hydrogen-bond acceptors (Lipinski definition) is 5. The zero-order chi connectivity index (χ0) is 17.0. The molecule has 0 aromatic carbocycles. The molecule has 1 N–H and O–H groups in total. The maximum absolute atomic E-state index is 12.0. The Hall–Kier alpha value is -1.68. The van der Waals surface area contributed by atoms with E-state index in [0.29, 0.717) is 18.2 Å². The number of aromatic nitrogens is 3. The number of H-pyrrole nitrogens is 1. The van der Waals surface area contributed by atoms with Crippen LogP contribution in [0.4, 0.5) is 13.2 Å². The zero-order valence-electron chi connectivity index (χ0n) is 12.9. The molecule has 1 aliphatic heterocycles. The lowest BCUT2D eigenvalue weighted by atomic mass is 10.2. The Morgan fingerprint density at radius 1 is 1.52 bits per heavy atom. The lowest BCUT2D eigenvalue weighted by Crippen LogP contribution is -2.44.